The Morgan fingerprint density at radius 1 is 1.14 bits per heavy atom. The summed E-state index contributed by atoms with van der Waals surface area (Å²) in [5, 5.41) is 3.60. The third kappa shape index (κ3) is 2.41. The molecule has 2 heterocycles. The summed E-state index contributed by atoms with van der Waals surface area (Å²) in [4.78, 5) is 42.4. The van der Waals surface area contributed by atoms with Crippen molar-refractivity contribution in [3.05, 3.63) is 11.7 Å². The van der Waals surface area contributed by atoms with E-state index >= 15 is 0 Å². The van der Waals surface area contributed by atoms with Crippen LogP contribution in [-0.4, -0.2) is 43.8 Å². The molecule has 0 spiro atoms. The molecule has 0 radical (unpaired) electrons. The van der Waals surface area contributed by atoms with Gasteiger partial charge in [0.15, 0.2) is 5.82 Å². The third-order valence-corrected chi connectivity index (χ3v) is 3.89. The van der Waals surface area contributed by atoms with Crippen LogP contribution in [0.15, 0.2) is 4.52 Å². The van der Waals surface area contributed by atoms with E-state index in [9.17, 15) is 14.4 Å². The lowest BCUT2D eigenvalue weighted by Gasteiger charge is -2.28. The van der Waals surface area contributed by atoms with Gasteiger partial charge in [-0.15, -0.1) is 0 Å². The van der Waals surface area contributed by atoms with E-state index < -0.39 is 17.8 Å². The number of amides is 4. The second-order valence-corrected chi connectivity index (χ2v) is 5.38. The van der Waals surface area contributed by atoms with Gasteiger partial charge in [0.2, 0.25) is 5.89 Å². The SMILES string of the molecule is Cc1noc(CN2C(=O)C(=O)N(C3CCCCC3)C2=O)n1. The monoisotopic (exact) mass is 292 g/mol. The van der Waals surface area contributed by atoms with Gasteiger partial charge in [-0.05, 0) is 19.8 Å². The molecule has 8 heteroatoms. The van der Waals surface area contributed by atoms with E-state index in [1.165, 1.54) is 0 Å². The summed E-state index contributed by atoms with van der Waals surface area (Å²) in [5.74, 6) is -1.00. The molecule has 112 valence electrons. The Morgan fingerprint density at radius 2 is 1.86 bits per heavy atom. The van der Waals surface area contributed by atoms with Gasteiger partial charge in [-0.2, -0.15) is 4.98 Å². The summed E-state index contributed by atoms with van der Waals surface area (Å²) in [5.41, 5.74) is 0. The normalized spacial score (nSPS) is 20.7. The highest BCUT2D eigenvalue weighted by atomic mass is 16.5. The van der Waals surface area contributed by atoms with E-state index in [0.29, 0.717) is 5.82 Å². The van der Waals surface area contributed by atoms with Crippen molar-refractivity contribution in [3.8, 4) is 0 Å². The van der Waals surface area contributed by atoms with Crippen LogP contribution in [0.4, 0.5) is 4.79 Å². The summed E-state index contributed by atoms with van der Waals surface area (Å²) in [7, 11) is 0. The van der Waals surface area contributed by atoms with E-state index in [4.69, 9.17) is 4.52 Å². The Morgan fingerprint density at radius 3 is 2.48 bits per heavy atom. The van der Waals surface area contributed by atoms with Crippen LogP contribution in [0.2, 0.25) is 0 Å². The van der Waals surface area contributed by atoms with Crippen LogP contribution in [-0.2, 0) is 16.1 Å². The first-order valence-electron chi connectivity index (χ1n) is 7.06. The van der Waals surface area contributed by atoms with Gasteiger partial charge in [-0.1, -0.05) is 24.4 Å². The largest absolute Gasteiger partial charge is 0.337 e. The first kappa shape index (κ1) is 13.7. The first-order chi connectivity index (χ1) is 10.1. The highest BCUT2D eigenvalue weighted by Gasteiger charge is 2.48. The number of nitrogens with zero attached hydrogens (tertiary/aromatic N) is 4. The molecule has 3 rings (SSSR count). The van der Waals surface area contributed by atoms with Crippen LogP contribution in [0.25, 0.3) is 0 Å². The lowest BCUT2D eigenvalue weighted by atomic mass is 9.94. The Kier molecular flexibility index (Phi) is 3.44. The van der Waals surface area contributed by atoms with Gasteiger partial charge in [-0.3, -0.25) is 14.5 Å². The summed E-state index contributed by atoms with van der Waals surface area (Å²) in [6.45, 7) is 1.48. The van der Waals surface area contributed by atoms with E-state index in [0.717, 1.165) is 41.9 Å². The van der Waals surface area contributed by atoms with Crippen LogP contribution in [0.5, 0.6) is 0 Å². The average Bonchev–Trinajstić information content (AvgIpc) is 2.98. The van der Waals surface area contributed by atoms with Crippen LogP contribution >= 0.6 is 0 Å². The minimum absolute atomic E-state index is 0.146. The Hall–Kier alpha value is -2.25. The maximum Gasteiger partial charge on any atom is 0.334 e. The van der Waals surface area contributed by atoms with Gasteiger partial charge in [0.25, 0.3) is 0 Å². The molecule has 1 aliphatic carbocycles. The van der Waals surface area contributed by atoms with Crippen molar-refractivity contribution in [1.82, 2.24) is 19.9 Å². The average molecular weight is 292 g/mol. The fourth-order valence-corrected chi connectivity index (χ4v) is 2.86. The van der Waals surface area contributed by atoms with Gasteiger partial charge < -0.3 is 4.52 Å². The molecular formula is C13H16N4O4. The third-order valence-electron chi connectivity index (χ3n) is 3.89. The number of hydrogen-bond donors (Lipinski definition) is 0. The maximum atomic E-state index is 12.4. The standard InChI is InChI=1S/C13H16N4O4/c1-8-14-10(21-15-8)7-16-11(18)12(19)17(13(16)20)9-5-3-2-4-6-9/h9H,2-7H2,1H3. The number of aryl methyl sites for hydroxylation is 1. The molecule has 1 aromatic rings. The summed E-state index contributed by atoms with van der Waals surface area (Å²) in [6, 6.07) is -0.745. The molecule has 1 aliphatic heterocycles. The van der Waals surface area contributed by atoms with Gasteiger partial charge in [-0.25, -0.2) is 9.69 Å². The number of rotatable bonds is 3. The smallest absolute Gasteiger partial charge is 0.334 e. The Balaban J connectivity index is 1.78. The van der Waals surface area contributed by atoms with Crippen molar-refractivity contribution >= 4 is 17.8 Å². The molecule has 21 heavy (non-hydrogen) atoms. The van der Waals surface area contributed by atoms with E-state index in [1.54, 1.807) is 6.92 Å². The molecule has 0 N–H and O–H groups in total. The Labute approximate surface area is 121 Å². The summed E-state index contributed by atoms with van der Waals surface area (Å²) < 4.78 is 4.90. The first-order valence-corrected chi connectivity index (χ1v) is 7.06. The van der Waals surface area contributed by atoms with Crippen LogP contribution in [0, 0.1) is 6.92 Å². The zero-order valence-electron chi connectivity index (χ0n) is 11.7. The van der Waals surface area contributed by atoms with Gasteiger partial charge in [0.05, 0.1) is 0 Å². The number of aromatic nitrogens is 2. The molecule has 2 aliphatic rings. The summed E-state index contributed by atoms with van der Waals surface area (Å²) in [6.07, 6.45) is 4.57. The van der Waals surface area contributed by atoms with Crippen molar-refractivity contribution in [2.45, 2.75) is 51.6 Å². The number of carbonyl (C=O) groups excluding carboxylic acids is 3. The molecule has 2 fully saturated rings. The van der Waals surface area contributed by atoms with E-state index in [-0.39, 0.29) is 18.5 Å². The molecule has 1 aromatic heterocycles. The molecule has 0 aromatic carbocycles. The molecule has 0 unspecified atom stereocenters. The van der Waals surface area contributed by atoms with Crippen molar-refractivity contribution in [3.63, 3.8) is 0 Å². The second kappa shape index (κ2) is 5.27. The quantitative estimate of drug-likeness (QED) is 0.609. The molecule has 4 amide bonds. The fourth-order valence-electron chi connectivity index (χ4n) is 2.86. The van der Waals surface area contributed by atoms with Crippen molar-refractivity contribution in [2.24, 2.45) is 0 Å². The van der Waals surface area contributed by atoms with Crippen molar-refractivity contribution in [2.75, 3.05) is 0 Å². The maximum absolute atomic E-state index is 12.4. The van der Waals surface area contributed by atoms with E-state index in [1.807, 2.05) is 0 Å². The molecule has 8 nitrogen and oxygen atoms in total. The fraction of sp³-hybridized carbons (Fsp3) is 0.615. The van der Waals surface area contributed by atoms with Gasteiger partial charge in [0.1, 0.15) is 6.54 Å². The number of imide groups is 2. The number of hydrogen-bond acceptors (Lipinski definition) is 6. The predicted octanol–water partition coefficient (Wildman–Crippen LogP) is 1.00. The zero-order chi connectivity index (χ0) is 15.0. The molecular weight excluding hydrogens is 276 g/mol. The van der Waals surface area contributed by atoms with Crippen molar-refractivity contribution < 1.29 is 18.9 Å². The molecule has 0 bridgehead atoms. The molecule has 1 saturated heterocycles. The second-order valence-electron chi connectivity index (χ2n) is 5.38. The highest BCUT2D eigenvalue weighted by molar-refractivity contribution is 6.44. The summed E-state index contributed by atoms with van der Waals surface area (Å²) >= 11 is 0. The lowest BCUT2D eigenvalue weighted by Crippen LogP contribution is -2.42. The number of urea groups is 1. The van der Waals surface area contributed by atoms with Gasteiger partial charge >= 0.3 is 17.8 Å². The predicted molar refractivity (Wildman–Crippen MR) is 68.7 cm³/mol. The molecule has 1 saturated carbocycles. The van der Waals surface area contributed by atoms with Gasteiger partial charge in [0, 0.05) is 6.04 Å². The van der Waals surface area contributed by atoms with Crippen LogP contribution in [0.1, 0.15) is 43.8 Å². The van der Waals surface area contributed by atoms with E-state index in [2.05, 4.69) is 10.1 Å². The topological polar surface area (TPSA) is 96.6 Å². The highest BCUT2D eigenvalue weighted by Crippen LogP contribution is 2.27. The van der Waals surface area contributed by atoms with Crippen molar-refractivity contribution in [1.29, 1.82) is 0 Å². The number of carbonyl (C=O) groups is 3. The molecule has 0 atom stereocenters. The Bertz CT molecular complexity index is 591. The van der Waals surface area contributed by atoms with Crippen LogP contribution in [0.3, 0.4) is 0 Å². The minimum atomic E-state index is -0.818. The zero-order valence-corrected chi connectivity index (χ0v) is 11.7. The lowest BCUT2D eigenvalue weighted by molar-refractivity contribution is -0.144. The minimum Gasteiger partial charge on any atom is -0.337 e. The van der Waals surface area contributed by atoms with Crippen LogP contribution < -0.4 is 0 Å².